The first-order valence-corrected chi connectivity index (χ1v) is 7.65. The molecule has 0 aromatic heterocycles. The van der Waals surface area contributed by atoms with Crippen LogP contribution in [0.2, 0.25) is 0 Å². The van der Waals surface area contributed by atoms with Crippen LogP contribution in [0.25, 0.3) is 0 Å². The molecule has 0 aliphatic heterocycles. The highest BCUT2D eigenvalue weighted by Gasteiger charge is 2.37. The van der Waals surface area contributed by atoms with Crippen molar-refractivity contribution < 1.29 is 5.11 Å². The topological polar surface area (TPSA) is 32.3 Å². The van der Waals surface area contributed by atoms with E-state index in [4.69, 9.17) is 0 Å². The number of hydrogen-bond donors (Lipinski definition) is 2. The lowest BCUT2D eigenvalue weighted by molar-refractivity contribution is 0.133. The van der Waals surface area contributed by atoms with E-state index in [0.717, 1.165) is 24.8 Å². The van der Waals surface area contributed by atoms with Crippen molar-refractivity contribution in [2.45, 2.75) is 83.3 Å². The van der Waals surface area contributed by atoms with Gasteiger partial charge in [0.1, 0.15) is 0 Å². The van der Waals surface area contributed by atoms with Crippen LogP contribution in [0.4, 0.5) is 0 Å². The van der Waals surface area contributed by atoms with E-state index in [1.165, 1.54) is 51.4 Å². The van der Waals surface area contributed by atoms with Crippen LogP contribution in [-0.2, 0) is 0 Å². The third kappa shape index (κ3) is 3.69. The van der Waals surface area contributed by atoms with Gasteiger partial charge in [-0.3, -0.25) is 0 Å². The van der Waals surface area contributed by atoms with Crippen LogP contribution in [0.3, 0.4) is 0 Å². The molecule has 2 fully saturated rings. The van der Waals surface area contributed by atoms with Crippen molar-refractivity contribution >= 4 is 0 Å². The fourth-order valence-corrected chi connectivity index (χ4v) is 3.80. The molecule has 2 nitrogen and oxygen atoms in total. The summed E-state index contributed by atoms with van der Waals surface area (Å²) in [6.45, 7) is 2.93. The Balaban J connectivity index is 1.65. The fraction of sp³-hybridized carbons (Fsp3) is 1.00. The molecule has 0 bridgehead atoms. The van der Waals surface area contributed by atoms with Gasteiger partial charge in [0.15, 0.2) is 0 Å². The number of nitrogens with one attached hydrogen (secondary N) is 1. The Labute approximate surface area is 106 Å². The molecule has 2 heteroatoms. The normalized spacial score (nSPS) is 26.5. The van der Waals surface area contributed by atoms with Crippen LogP contribution in [0.1, 0.15) is 71.1 Å². The van der Waals surface area contributed by atoms with Gasteiger partial charge < -0.3 is 10.4 Å². The van der Waals surface area contributed by atoms with Crippen molar-refractivity contribution in [1.82, 2.24) is 5.32 Å². The first-order chi connectivity index (χ1) is 8.24. The van der Waals surface area contributed by atoms with Crippen molar-refractivity contribution in [3.63, 3.8) is 0 Å². The third-order valence-corrected chi connectivity index (χ3v) is 4.97. The highest BCUT2D eigenvalue weighted by molar-refractivity contribution is 4.91. The standard InChI is InChI=1S/C15H29NO/c1-2-5-14(17)12-16-13-6-10-15(11-7-13)8-3-4-9-15/h13-14,16-17H,2-12H2,1H3. The lowest BCUT2D eigenvalue weighted by Gasteiger charge is -2.37. The zero-order valence-corrected chi connectivity index (χ0v) is 11.4. The monoisotopic (exact) mass is 239 g/mol. The van der Waals surface area contributed by atoms with Crippen LogP contribution < -0.4 is 5.32 Å². The highest BCUT2D eigenvalue weighted by atomic mass is 16.3. The van der Waals surface area contributed by atoms with Gasteiger partial charge >= 0.3 is 0 Å². The zero-order valence-electron chi connectivity index (χ0n) is 11.4. The van der Waals surface area contributed by atoms with Gasteiger partial charge in [-0.2, -0.15) is 0 Å². The first-order valence-electron chi connectivity index (χ1n) is 7.65. The van der Waals surface area contributed by atoms with E-state index in [-0.39, 0.29) is 6.10 Å². The molecule has 17 heavy (non-hydrogen) atoms. The minimum Gasteiger partial charge on any atom is -0.392 e. The smallest absolute Gasteiger partial charge is 0.0664 e. The summed E-state index contributed by atoms with van der Waals surface area (Å²) in [4.78, 5) is 0. The van der Waals surface area contributed by atoms with Crippen LogP contribution in [-0.4, -0.2) is 23.8 Å². The number of hydrogen-bond acceptors (Lipinski definition) is 2. The van der Waals surface area contributed by atoms with Gasteiger partial charge in [0.25, 0.3) is 0 Å². The Bertz CT molecular complexity index is 213. The largest absolute Gasteiger partial charge is 0.392 e. The molecule has 0 radical (unpaired) electrons. The maximum absolute atomic E-state index is 9.72. The number of aliphatic hydroxyl groups is 1. The molecule has 0 aromatic rings. The van der Waals surface area contributed by atoms with Crippen LogP contribution in [0.15, 0.2) is 0 Å². The fourth-order valence-electron chi connectivity index (χ4n) is 3.80. The molecule has 0 heterocycles. The van der Waals surface area contributed by atoms with E-state index in [1.54, 1.807) is 0 Å². The molecule has 100 valence electrons. The molecule has 2 saturated carbocycles. The molecule has 1 unspecified atom stereocenters. The Kier molecular flexibility index (Phi) is 4.87. The second-order valence-corrected chi connectivity index (χ2v) is 6.33. The van der Waals surface area contributed by atoms with Crippen LogP contribution in [0, 0.1) is 5.41 Å². The van der Waals surface area contributed by atoms with Gasteiger partial charge in [0, 0.05) is 12.6 Å². The van der Waals surface area contributed by atoms with E-state index in [0.29, 0.717) is 6.04 Å². The summed E-state index contributed by atoms with van der Waals surface area (Å²) < 4.78 is 0. The molecule has 1 atom stereocenters. The van der Waals surface area contributed by atoms with E-state index < -0.39 is 0 Å². The predicted octanol–water partition coefficient (Wildman–Crippen LogP) is 3.24. The summed E-state index contributed by atoms with van der Waals surface area (Å²) in [5.41, 5.74) is 0.736. The maximum atomic E-state index is 9.72. The van der Waals surface area contributed by atoms with Crippen molar-refractivity contribution in [2.24, 2.45) is 5.41 Å². The summed E-state index contributed by atoms with van der Waals surface area (Å²) in [5, 5.41) is 13.3. The van der Waals surface area contributed by atoms with Crippen molar-refractivity contribution in [1.29, 1.82) is 0 Å². The Morgan fingerprint density at radius 2 is 1.82 bits per heavy atom. The molecule has 0 saturated heterocycles. The van der Waals surface area contributed by atoms with Gasteiger partial charge in [0.05, 0.1) is 6.10 Å². The average Bonchev–Trinajstić information content (AvgIpc) is 2.78. The molecule has 1 spiro atoms. The minimum absolute atomic E-state index is 0.137. The van der Waals surface area contributed by atoms with Gasteiger partial charge in [-0.25, -0.2) is 0 Å². The van der Waals surface area contributed by atoms with E-state index in [9.17, 15) is 5.11 Å². The Morgan fingerprint density at radius 3 is 2.41 bits per heavy atom. The molecular formula is C15H29NO. The van der Waals surface area contributed by atoms with E-state index in [1.807, 2.05) is 0 Å². The van der Waals surface area contributed by atoms with Crippen molar-refractivity contribution in [3.05, 3.63) is 0 Å². The average molecular weight is 239 g/mol. The predicted molar refractivity (Wildman–Crippen MR) is 72.1 cm³/mol. The molecule has 0 aromatic carbocycles. The zero-order chi connectivity index (χ0) is 12.1. The lowest BCUT2D eigenvalue weighted by Crippen LogP contribution is -2.40. The van der Waals surface area contributed by atoms with Crippen LogP contribution >= 0.6 is 0 Å². The summed E-state index contributed by atoms with van der Waals surface area (Å²) in [7, 11) is 0. The van der Waals surface area contributed by atoms with Gasteiger partial charge in [-0.1, -0.05) is 26.2 Å². The van der Waals surface area contributed by atoms with Crippen molar-refractivity contribution in [3.8, 4) is 0 Å². The van der Waals surface area contributed by atoms with E-state index >= 15 is 0 Å². The molecule has 2 aliphatic carbocycles. The van der Waals surface area contributed by atoms with Gasteiger partial charge in [-0.15, -0.1) is 0 Å². The first kappa shape index (κ1) is 13.4. The van der Waals surface area contributed by atoms with Gasteiger partial charge in [-0.05, 0) is 50.4 Å². The van der Waals surface area contributed by atoms with Crippen molar-refractivity contribution in [2.75, 3.05) is 6.54 Å². The Morgan fingerprint density at radius 1 is 1.18 bits per heavy atom. The second kappa shape index (κ2) is 6.19. The minimum atomic E-state index is -0.137. The second-order valence-electron chi connectivity index (χ2n) is 6.33. The number of aliphatic hydroxyl groups excluding tert-OH is 1. The highest BCUT2D eigenvalue weighted by Crippen LogP contribution is 2.48. The van der Waals surface area contributed by atoms with Crippen LogP contribution in [0.5, 0.6) is 0 Å². The molecule has 0 amide bonds. The molecule has 2 N–H and O–H groups in total. The quantitative estimate of drug-likeness (QED) is 0.772. The summed E-state index contributed by atoms with van der Waals surface area (Å²) >= 11 is 0. The van der Waals surface area contributed by atoms with Gasteiger partial charge in [0.2, 0.25) is 0 Å². The SMILES string of the molecule is CCCC(O)CNC1CCC2(CCCC2)CC1. The van der Waals surface area contributed by atoms with E-state index in [2.05, 4.69) is 12.2 Å². The third-order valence-electron chi connectivity index (χ3n) is 4.97. The summed E-state index contributed by atoms with van der Waals surface area (Å²) in [6, 6.07) is 0.674. The lowest BCUT2D eigenvalue weighted by atomic mass is 9.71. The maximum Gasteiger partial charge on any atom is 0.0664 e. The molecular weight excluding hydrogens is 210 g/mol. The summed E-state index contributed by atoms with van der Waals surface area (Å²) in [6.07, 6.45) is 13.3. The Hall–Kier alpha value is -0.0800. The summed E-state index contributed by atoms with van der Waals surface area (Å²) in [5.74, 6) is 0. The number of rotatable bonds is 5. The molecule has 2 rings (SSSR count). The molecule has 2 aliphatic rings.